The average molecular weight is 502 g/mol. The van der Waals surface area contributed by atoms with Gasteiger partial charge in [0, 0.05) is 37.9 Å². The molecule has 0 amide bonds. The summed E-state index contributed by atoms with van der Waals surface area (Å²) in [5.41, 5.74) is 11.0. The lowest BCUT2D eigenvalue weighted by atomic mass is 9.92. The molecule has 3 N–H and O–H groups in total. The number of aromatic nitrogens is 4. The summed E-state index contributed by atoms with van der Waals surface area (Å²) in [6.07, 6.45) is 8.75. The van der Waals surface area contributed by atoms with Gasteiger partial charge in [-0.1, -0.05) is 24.3 Å². The van der Waals surface area contributed by atoms with Crippen LogP contribution in [0.2, 0.25) is 0 Å². The lowest BCUT2D eigenvalue weighted by Gasteiger charge is -2.26. The van der Waals surface area contributed by atoms with Gasteiger partial charge in [0.15, 0.2) is 5.82 Å². The molecule has 2 fully saturated rings. The number of halogens is 1. The summed E-state index contributed by atoms with van der Waals surface area (Å²) < 4.78 is 22.3. The van der Waals surface area contributed by atoms with Crippen molar-refractivity contribution in [2.75, 3.05) is 31.6 Å². The molecule has 8 nitrogen and oxygen atoms in total. The summed E-state index contributed by atoms with van der Waals surface area (Å²) >= 11 is 0. The predicted molar refractivity (Wildman–Crippen MR) is 142 cm³/mol. The van der Waals surface area contributed by atoms with Crippen LogP contribution in [-0.4, -0.2) is 62.6 Å². The zero-order chi connectivity index (χ0) is 25.2. The number of rotatable bonds is 6. The fourth-order valence-electron chi connectivity index (χ4n) is 5.21. The Morgan fingerprint density at radius 3 is 2.49 bits per heavy atom. The van der Waals surface area contributed by atoms with Crippen LogP contribution in [0.1, 0.15) is 31.2 Å². The molecule has 1 saturated heterocycles. The fraction of sp³-hybridized carbons (Fsp3) is 0.393. The second-order valence-corrected chi connectivity index (χ2v) is 10.0. The number of nitrogens with zero attached hydrogens (tertiary/aromatic N) is 5. The quantitative estimate of drug-likeness (QED) is 0.411. The summed E-state index contributed by atoms with van der Waals surface area (Å²) in [5, 5.41) is 3.37. The number of benzene rings is 1. The zero-order valence-electron chi connectivity index (χ0n) is 20.8. The van der Waals surface area contributed by atoms with Gasteiger partial charge in [-0.3, -0.25) is 9.30 Å². The molecule has 4 aromatic rings. The van der Waals surface area contributed by atoms with Gasteiger partial charge in [-0.15, -0.1) is 0 Å². The highest BCUT2D eigenvalue weighted by atomic mass is 19.1. The van der Waals surface area contributed by atoms with Crippen molar-refractivity contribution in [2.24, 2.45) is 5.73 Å². The maximum atomic E-state index is 14.9. The summed E-state index contributed by atoms with van der Waals surface area (Å²) in [4.78, 5) is 15.6. The minimum absolute atomic E-state index is 0.232. The van der Waals surface area contributed by atoms with Crippen molar-refractivity contribution >= 4 is 11.6 Å². The van der Waals surface area contributed by atoms with Crippen LogP contribution in [0.15, 0.2) is 55.0 Å². The molecule has 1 aromatic carbocycles. The molecule has 0 bridgehead atoms. The number of hydrogen-bond acceptors (Lipinski definition) is 7. The third-order valence-corrected chi connectivity index (χ3v) is 7.39. The molecule has 37 heavy (non-hydrogen) atoms. The molecule has 0 unspecified atom stereocenters. The first-order valence-electron chi connectivity index (χ1n) is 13.0. The van der Waals surface area contributed by atoms with E-state index in [1.165, 1.54) is 11.8 Å². The number of hydrogen-bond donors (Lipinski definition) is 2. The van der Waals surface area contributed by atoms with Gasteiger partial charge in [0.05, 0.1) is 31.3 Å². The first-order valence-corrected chi connectivity index (χ1v) is 13.0. The Bertz CT molecular complexity index is 1360. The lowest BCUT2D eigenvalue weighted by Crippen LogP contribution is -2.35. The summed E-state index contributed by atoms with van der Waals surface area (Å²) in [6, 6.07) is 13.1. The molecule has 4 heterocycles. The van der Waals surface area contributed by atoms with E-state index >= 15 is 0 Å². The number of ether oxygens (including phenoxy) is 1. The van der Waals surface area contributed by atoms with Crippen molar-refractivity contribution in [3.05, 3.63) is 66.4 Å². The number of nitrogens with two attached hydrogens (primary N) is 1. The molecule has 9 heteroatoms. The molecule has 6 rings (SSSR count). The van der Waals surface area contributed by atoms with Crippen LogP contribution in [0.3, 0.4) is 0 Å². The molecule has 3 aromatic heterocycles. The largest absolute Gasteiger partial charge is 0.379 e. The van der Waals surface area contributed by atoms with Crippen LogP contribution < -0.4 is 11.1 Å². The maximum absolute atomic E-state index is 14.9. The van der Waals surface area contributed by atoms with Crippen LogP contribution >= 0.6 is 0 Å². The van der Waals surface area contributed by atoms with Crippen LogP contribution in [0.5, 0.6) is 0 Å². The Balaban J connectivity index is 1.24. The normalized spacial score (nSPS) is 20.8. The Kier molecular flexibility index (Phi) is 6.82. The van der Waals surface area contributed by atoms with Gasteiger partial charge >= 0.3 is 0 Å². The Morgan fingerprint density at radius 2 is 1.70 bits per heavy atom. The predicted octanol–water partition coefficient (Wildman–Crippen LogP) is 4.11. The van der Waals surface area contributed by atoms with Crippen LogP contribution in [0.25, 0.3) is 28.2 Å². The highest BCUT2D eigenvalue weighted by Gasteiger charge is 2.21. The number of pyridine rings is 1. The van der Waals surface area contributed by atoms with E-state index in [1.54, 1.807) is 6.20 Å². The van der Waals surface area contributed by atoms with Gasteiger partial charge in [0.25, 0.3) is 0 Å². The van der Waals surface area contributed by atoms with Crippen LogP contribution in [-0.2, 0) is 11.3 Å². The summed E-state index contributed by atoms with van der Waals surface area (Å²) in [5.74, 6) is -0.0466. The average Bonchev–Trinajstić information content (AvgIpc) is 3.35. The first kappa shape index (κ1) is 24.0. The van der Waals surface area contributed by atoms with Gasteiger partial charge in [0.2, 0.25) is 5.95 Å². The summed E-state index contributed by atoms with van der Waals surface area (Å²) in [7, 11) is 0. The molecule has 0 radical (unpaired) electrons. The monoisotopic (exact) mass is 501 g/mol. The molecule has 2 aliphatic rings. The van der Waals surface area contributed by atoms with E-state index < -0.39 is 5.82 Å². The molecule has 0 spiro atoms. The second kappa shape index (κ2) is 10.5. The summed E-state index contributed by atoms with van der Waals surface area (Å²) in [6.45, 7) is 4.45. The van der Waals surface area contributed by atoms with Crippen molar-refractivity contribution in [2.45, 2.75) is 44.3 Å². The van der Waals surface area contributed by atoms with E-state index in [1.807, 2.05) is 22.7 Å². The fourth-order valence-corrected chi connectivity index (χ4v) is 5.21. The van der Waals surface area contributed by atoms with Crippen molar-refractivity contribution in [1.82, 2.24) is 24.3 Å². The van der Waals surface area contributed by atoms with Crippen LogP contribution in [0, 0.1) is 5.82 Å². The van der Waals surface area contributed by atoms with E-state index in [0.29, 0.717) is 11.6 Å². The van der Waals surface area contributed by atoms with Gasteiger partial charge in [0.1, 0.15) is 11.3 Å². The van der Waals surface area contributed by atoms with E-state index in [4.69, 9.17) is 10.5 Å². The minimum Gasteiger partial charge on any atom is -0.379 e. The number of nitrogens with one attached hydrogen (secondary N) is 1. The first-order chi connectivity index (χ1) is 18.1. The van der Waals surface area contributed by atoms with Gasteiger partial charge in [-0.2, -0.15) is 0 Å². The van der Waals surface area contributed by atoms with E-state index in [0.717, 1.165) is 75.3 Å². The maximum Gasteiger partial charge on any atom is 0.223 e. The van der Waals surface area contributed by atoms with Gasteiger partial charge < -0.3 is 15.8 Å². The lowest BCUT2D eigenvalue weighted by molar-refractivity contribution is 0.0342. The third-order valence-electron chi connectivity index (χ3n) is 7.39. The number of morpholine rings is 1. The Labute approximate surface area is 215 Å². The molecule has 0 atom stereocenters. The van der Waals surface area contributed by atoms with Crippen molar-refractivity contribution in [1.29, 1.82) is 0 Å². The zero-order valence-corrected chi connectivity index (χ0v) is 20.8. The van der Waals surface area contributed by atoms with E-state index in [9.17, 15) is 4.39 Å². The second-order valence-electron chi connectivity index (χ2n) is 10.0. The molecular weight excluding hydrogens is 469 g/mol. The van der Waals surface area contributed by atoms with Gasteiger partial charge in [-0.25, -0.2) is 19.3 Å². The van der Waals surface area contributed by atoms with Crippen molar-refractivity contribution in [3.63, 3.8) is 0 Å². The smallest absolute Gasteiger partial charge is 0.223 e. The Morgan fingerprint density at radius 1 is 0.946 bits per heavy atom. The standard InChI is InChI=1S/C28H32FN7O/c29-24-15-32-28(33-23-8-6-22(30)7-9-23)34-27(24)25-16-31-26-10-5-21(18-36(25)26)20-3-1-19(2-4-20)17-35-11-13-37-14-12-35/h1-5,10,15-16,18,22-23H,6-9,11-14,17,30H2,(H,32,33,34)/t22-,23-. The SMILES string of the molecule is N[C@H]1CC[C@H](Nc2ncc(F)c(-c3cnc4ccc(-c5ccc(CN6CCOCC6)cc5)cn34)n2)CC1. The highest BCUT2D eigenvalue weighted by Crippen LogP contribution is 2.27. The molecule has 1 aliphatic carbocycles. The van der Waals surface area contributed by atoms with Crippen molar-refractivity contribution in [3.8, 4) is 22.5 Å². The van der Waals surface area contributed by atoms with Gasteiger partial charge in [-0.05, 0) is 54.5 Å². The number of fused-ring (bicyclic) bond motifs is 1. The highest BCUT2D eigenvalue weighted by molar-refractivity contribution is 5.68. The van der Waals surface area contributed by atoms with E-state index in [2.05, 4.69) is 49.4 Å². The van der Waals surface area contributed by atoms with Crippen molar-refractivity contribution < 1.29 is 9.13 Å². The topological polar surface area (TPSA) is 93.6 Å². The minimum atomic E-state index is -0.476. The van der Waals surface area contributed by atoms with E-state index in [-0.39, 0.29) is 17.8 Å². The Hall–Kier alpha value is -3.40. The third kappa shape index (κ3) is 5.34. The number of anilines is 1. The van der Waals surface area contributed by atoms with Crippen LogP contribution in [0.4, 0.5) is 10.3 Å². The number of imidazole rings is 1. The molecular formula is C28H32FN7O. The molecule has 1 aliphatic heterocycles. The molecule has 192 valence electrons. The molecule has 1 saturated carbocycles.